The average molecular weight is 567 g/mol. The minimum atomic E-state index is -0.879. The van der Waals surface area contributed by atoms with Crippen LogP contribution >= 0.6 is 34.0 Å². The number of nitrogens with one attached hydrogen (secondary N) is 2. The number of fused-ring (bicyclic) bond motifs is 1. The number of aliphatic carboxylic acids is 1. The van der Waals surface area contributed by atoms with Gasteiger partial charge in [0, 0.05) is 25.4 Å². The van der Waals surface area contributed by atoms with E-state index in [0.717, 1.165) is 49.2 Å². The quantitative estimate of drug-likeness (QED) is 0.401. The molecule has 3 rings (SSSR count). The molecule has 0 saturated carbocycles. The van der Waals surface area contributed by atoms with Crippen LogP contribution in [0.2, 0.25) is 0 Å². The Kier molecular flexibility index (Phi) is 11.2. The van der Waals surface area contributed by atoms with Gasteiger partial charge in [0.25, 0.3) is 5.56 Å². The molecule has 1 aliphatic heterocycles. The van der Waals surface area contributed by atoms with Gasteiger partial charge >= 0.3 is 11.7 Å². The van der Waals surface area contributed by atoms with Gasteiger partial charge in [-0.3, -0.25) is 19.1 Å². The number of aromatic nitrogens is 4. The molecule has 0 aromatic carbocycles. The Morgan fingerprint density at radius 1 is 1.19 bits per heavy atom. The lowest BCUT2D eigenvalue weighted by atomic mass is 9.93. The number of imidazole rings is 1. The summed E-state index contributed by atoms with van der Waals surface area (Å²) in [5.74, 6) is 0.613. The van der Waals surface area contributed by atoms with Crippen molar-refractivity contribution in [3.63, 3.8) is 0 Å². The first-order valence-corrected chi connectivity index (χ1v) is 10.5. The second kappa shape index (κ2) is 12.5. The van der Waals surface area contributed by atoms with E-state index < -0.39 is 17.2 Å². The highest BCUT2D eigenvalue weighted by Gasteiger charge is 2.21. The molecule has 3 heterocycles. The third kappa shape index (κ3) is 6.76. The zero-order chi connectivity index (χ0) is 21.0. The summed E-state index contributed by atoms with van der Waals surface area (Å²) in [6, 6.07) is 0.0736. The molecule has 0 atom stereocenters. The highest BCUT2D eigenvalue weighted by atomic mass is 79.9. The van der Waals surface area contributed by atoms with Crippen molar-refractivity contribution < 1.29 is 9.90 Å². The maximum atomic E-state index is 12.9. The number of H-pyrrole nitrogens is 1. The van der Waals surface area contributed by atoms with Crippen molar-refractivity contribution in [1.82, 2.24) is 24.4 Å². The summed E-state index contributed by atoms with van der Waals surface area (Å²) < 4.78 is 3.10. The zero-order valence-corrected chi connectivity index (χ0v) is 21.5. The number of piperidine rings is 1. The van der Waals surface area contributed by atoms with Gasteiger partial charge in [-0.2, -0.15) is 0 Å². The van der Waals surface area contributed by atoms with Crippen LogP contribution in [0.5, 0.6) is 0 Å². The molecule has 3 N–H and O–H groups in total. The first-order valence-electron chi connectivity index (χ1n) is 10.5. The Morgan fingerprint density at radius 2 is 1.87 bits per heavy atom. The molecule has 31 heavy (non-hydrogen) atoms. The fourth-order valence-electron chi connectivity index (χ4n) is 4.12. The van der Waals surface area contributed by atoms with Crippen LogP contribution in [0.25, 0.3) is 11.2 Å². The maximum absolute atomic E-state index is 12.9. The maximum Gasteiger partial charge on any atom is 0.330 e. The summed E-state index contributed by atoms with van der Waals surface area (Å²) in [6.07, 6.45) is 5.00. The fraction of sp³-hybridized carbons (Fsp3) is 0.700. The van der Waals surface area contributed by atoms with E-state index in [9.17, 15) is 14.4 Å². The van der Waals surface area contributed by atoms with E-state index in [-0.39, 0.29) is 58.5 Å². The topological polar surface area (TPSA) is 122 Å². The normalized spacial score (nSPS) is 14.4. The standard InChI is InChI=1S/C20H31N5O4.2BrH/c1-13(2)25-15(7-6-14-8-10-21-11-9-14)22-17-18(25)23-20(29)24(19(17)28)12-4-3-5-16(26)27;;/h13-14,21H,3-12H2,1-2H3,(H,23,29)(H,26,27);2*1H. The number of aromatic amines is 1. The Hall–Kier alpha value is -1.46. The molecule has 0 amide bonds. The van der Waals surface area contributed by atoms with Crippen LogP contribution in [0.3, 0.4) is 0 Å². The van der Waals surface area contributed by atoms with Gasteiger partial charge in [0.15, 0.2) is 5.52 Å². The molecule has 2 aromatic heterocycles. The van der Waals surface area contributed by atoms with Crippen molar-refractivity contribution in [2.75, 3.05) is 13.1 Å². The van der Waals surface area contributed by atoms with Crippen molar-refractivity contribution in [2.45, 2.75) is 71.4 Å². The summed E-state index contributed by atoms with van der Waals surface area (Å²) in [7, 11) is 0. The number of hydrogen-bond acceptors (Lipinski definition) is 5. The number of halogens is 2. The number of carboxylic acid groups (broad SMARTS) is 1. The second-order valence-electron chi connectivity index (χ2n) is 8.16. The van der Waals surface area contributed by atoms with Crippen LogP contribution in [0, 0.1) is 5.92 Å². The van der Waals surface area contributed by atoms with Crippen molar-refractivity contribution in [1.29, 1.82) is 0 Å². The van der Waals surface area contributed by atoms with Crippen LogP contribution in [0.4, 0.5) is 0 Å². The monoisotopic (exact) mass is 565 g/mol. The van der Waals surface area contributed by atoms with Crippen LogP contribution in [0.15, 0.2) is 9.59 Å². The Balaban J connectivity index is 0.00000240. The Bertz CT molecular complexity index is 976. The first-order chi connectivity index (χ1) is 13.9. The smallest absolute Gasteiger partial charge is 0.330 e. The van der Waals surface area contributed by atoms with Crippen molar-refractivity contribution >= 4 is 51.1 Å². The number of aryl methyl sites for hydroxylation is 1. The zero-order valence-electron chi connectivity index (χ0n) is 18.1. The van der Waals surface area contributed by atoms with E-state index in [1.54, 1.807) is 0 Å². The highest BCUT2D eigenvalue weighted by Crippen LogP contribution is 2.22. The van der Waals surface area contributed by atoms with E-state index in [0.29, 0.717) is 24.4 Å². The summed E-state index contributed by atoms with van der Waals surface area (Å²) >= 11 is 0. The van der Waals surface area contributed by atoms with Gasteiger partial charge in [-0.1, -0.05) is 0 Å². The largest absolute Gasteiger partial charge is 0.481 e. The van der Waals surface area contributed by atoms with E-state index in [4.69, 9.17) is 5.11 Å². The van der Waals surface area contributed by atoms with Gasteiger partial charge in [-0.15, -0.1) is 34.0 Å². The third-order valence-corrected chi connectivity index (χ3v) is 5.68. The molecule has 0 unspecified atom stereocenters. The van der Waals surface area contributed by atoms with E-state index >= 15 is 0 Å². The predicted molar refractivity (Wildman–Crippen MR) is 131 cm³/mol. The Labute approximate surface area is 202 Å². The number of carbonyl (C=O) groups is 1. The van der Waals surface area contributed by atoms with Gasteiger partial charge in [-0.05, 0) is 65.0 Å². The van der Waals surface area contributed by atoms with Crippen LogP contribution in [-0.2, 0) is 17.8 Å². The van der Waals surface area contributed by atoms with Crippen molar-refractivity contribution in [3.8, 4) is 0 Å². The van der Waals surface area contributed by atoms with Crippen LogP contribution in [-0.4, -0.2) is 43.3 Å². The van der Waals surface area contributed by atoms with Crippen molar-refractivity contribution in [3.05, 3.63) is 26.7 Å². The molecule has 11 heteroatoms. The highest BCUT2D eigenvalue weighted by molar-refractivity contribution is 8.93. The summed E-state index contributed by atoms with van der Waals surface area (Å²) in [5, 5.41) is 12.1. The number of hydrogen-bond donors (Lipinski definition) is 3. The van der Waals surface area contributed by atoms with E-state index in [1.165, 1.54) is 0 Å². The van der Waals surface area contributed by atoms with E-state index in [2.05, 4.69) is 15.3 Å². The number of unbranched alkanes of at least 4 members (excludes halogenated alkanes) is 1. The minimum Gasteiger partial charge on any atom is -0.481 e. The molecular formula is C20H33Br2N5O4. The van der Waals surface area contributed by atoms with Crippen LogP contribution < -0.4 is 16.6 Å². The molecule has 1 saturated heterocycles. The molecule has 0 radical (unpaired) electrons. The third-order valence-electron chi connectivity index (χ3n) is 5.68. The molecule has 0 bridgehead atoms. The molecule has 1 aliphatic rings. The molecule has 2 aromatic rings. The number of rotatable bonds is 9. The number of nitrogens with zero attached hydrogens (tertiary/aromatic N) is 3. The molecule has 1 fully saturated rings. The van der Waals surface area contributed by atoms with Crippen molar-refractivity contribution in [2.24, 2.45) is 5.92 Å². The van der Waals surface area contributed by atoms with Crippen LogP contribution in [0.1, 0.15) is 64.2 Å². The Morgan fingerprint density at radius 3 is 2.48 bits per heavy atom. The summed E-state index contributed by atoms with van der Waals surface area (Å²) in [5.41, 5.74) is -0.0972. The lowest BCUT2D eigenvalue weighted by Gasteiger charge is -2.22. The summed E-state index contributed by atoms with van der Waals surface area (Å²) in [6.45, 7) is 6.32. The lowest BCUT2D eigenvalue weighted by molar-refractivity contribution is -0.137. The lowest BCUT2D eigenvalue weighted by Crippen LogP contribution is -2.35. The van der Waals surface area contributed by atoms with Gasteiger partial charge in [-0.25, -0.2) is 9.78 Å². The molecule has 0 aliphatic carbocycles. The fourth-order valence-corrected chi connectivity index (χ4v) is 4.12. The molecule has 9 nitrogen and oxygen atoms in total. The van der Waals surface area contributed by atoms with Gasteiger partial charge in [0.1, 0.15) is 11.5 Å². The van der Waals surface area contributed by atoms with E-state index in [1.807, 2.05) is 18.4 Å². The van der Waals surface area contributed by atoms with Gasteiger partial charge in [0.05, 0.1) is 0 Å². The first kappa shape index (κ1) is 27.6. The second-order valence-corrected chi connectivity index (χ2v) is 8.16. The molecule has 176 valence electrons. The SMILES string of the molecule is Br.Br.CC(C)n1c(CCC2CCNCC2)nc2c(=O)n(CCCCC(=O)O)c(=O)[nH]c21. The van der Waals surface area contributed by atoms with Gasteiger partial charge in [0.2, 0.25) is 0 Å². The number of carboxylic acids is 1. The average Bonchev–Trinajstić information content (AvgIpc) is 3.05. The summed E-state index contributed by atoms with van der Waals surface area (Å²) in [4.78, 5) is 43.5. The van der Waals surface area contributed by atoms with Gasteiger partial charge < -0.3 is 15.0 Å². The minimum absolute atomic E-state index is 0. The predicted octanol–water partition coefficient (Wildman–Crippen LogP) is 2.81. The molecular weight excluding hydrogens is 534 g/mol. The molecule has 0 spiro atoms.